The molecule has 21 heavy (non-hydrogen) atoms. The van der Waals surface area contributed by atoms with Gasteiger partial charge in [0.2, 0.25) is 0 Å². The van der Waals surface area contributed by atoms with Crippen molar-refractivity contribution in [1.82, 2.24) is 0 Å². The lowest BCUT2D eigenvalue weighted by atomic mass is 9.63. The van der Waals surface area contributed by atoms with Gasteiger partial charge in [-0.05, 0) is 37.9 Å². The molecule has 0 spiro atoms. The number of hydrogen-bond donors (Lipinski definition) is 0. The third-order valence-corrected chi connectivity index (χ3v) is 9.96. The van der Waals surface area contributed by atoms with Crippen LogP contribution in [0.1, 0.15) is 53.4 Å². The molecule has 3 nitrogen and oxygen atoms in total. The summed E-state index contributed by atoms with van der Waals surface area (Å²) in [5, 5.41) is 0.152. The van der Waals surface area contributed by atoms with E-state index in [9.17, 15) is 4.79 Å². The van der Waals surface area contributed by atoms with E-state index in [2.05, 4.69) is 39.9 Å². The van der Waals surface area contributed by atoms with Crippen LogP contribution in [0.2, 0.25) is 18.1 Å². The van der Waals surface area contributed by atoms with E-state index in [0.29, 0.717) is 12.5 Å². The van der Waals surface area contributed by atoms with Crippen LogP contribution in [-0.4, -0.2) is 26.5 Å². The molecule has 1 fully saturated rings. The second-order valence-electron chi connectivity index (χ2n) is 7.90. The first kappa shape index (κ1) is 16.8. The van der Waals surface area contributed by atoms with E-state index in [4.69, 9.17) is 9.16 Å². The standard InChI is InChI=1S/C17H30O3Si/c1-7-19-15(18)14-12-13-10-8-9-11-17(13,14)20-21(5,6)16(2,3)4/h12-13H,7-11H2,1-6H3/t13-,17+/m1/s1. The van der Waals surface area contributed by atoms with Crippen LogP contribution in [-0.2, 0) is 14.0 Å². The van der Waals surface area contributed by atoms with Crippen molar-refractivity contribution in [1.29, 1.82) is 0 Å². The largest absolute Gasteiger partial charge is 0.463 e. The third-order valence-electron chi connectivity index (χ3n) is 5.47. The topological polar surface area (TPSA) is 35.5 Å². The summed E-state index contributed by atoms with van der Waals surface area (Å²) >= 11 is 0. The molecule has 2 aliphatic carbocycles. The van der Waals surface area contributed by atoms with Crippen molar-refractivity contribution in [2.75, 3.05) is 6.61 Å². The van der Waals surface area contributed by atoms with Gasteiger partial charge in [0.25, 0.3) is 0 Å². The minimum atomic E-state index is -1.91. The Morgan fingerprint density at radius 1 is 1.38 bits per heavy atom. The Bertz CT molecular complexity index is 447. The molecule has 0 N–H and O–H groups in total. The number of carbonyl (C=O) groups excluding carboxylic acids is 1. The second-order valence-corrected chi connectivity index (χ2v) is 12.6. The summed E-state index contributed by atoms with van der Waals surface area (Å²) < 4.78 is 12.0. The molecule has 2 atom stereocenters. The molecule has 1 saturated carbocycles. The Hall–Kier alpha value is -0.613. The normalized spacial score (nSPS) is 29.2. The minimum absolute atomic E-state index is 0.152. The maximum Gasteiger partial charge on any atom is 0.336 e. The first-order valence-corrected chi connectivity index (χ1v) is 11.1. The fourth-order valence-electron chi connectivity index (χ4n) is 3.21. The number of esters is 1. The highest BCUT2D eigenvalue weighted by Crippen LogP contribution is 2.54. The highest BCUT2D eigenvalue weighted by Gasteiger charge is 2.57. The molecule has 0 aliphatic heterocycles. The van der Waals surface area contributed by atoms with E-state index < -0.39 is 8.32 Å². The number of ether oxygens (including phenoxy) is 1. The summed E-state index contributed by atoms with van der Waals surface area (Å²) in [6.45, 7) is 13.6. The van der Waals surface area contributed by atoms with Crippen molar-refractivity contribution in [3.8, 4) is 0 Å². The third kappa shape index (κ3) is 2.85. The molecule has 0 aromatic heterocycles. The molecular weight excluding hydrogens is 280 g/mol. The molecular formula is C17H30O3Si. The Kier molecular flexibility index (Phi) is 4.42. The van der Waals surface area contributed by atoms with Crippen LogP contribution in [0, 0.1) is 5.92 Å². The number of fused-ring (bicyclic) bond motifs is 1. The first-order valence-electron chi connectivity index (χ1n) is 8.23. The van der Waals surface area contributed by atoms with Gasteiger partial charge >= 0.3 is 5.97 Å². The molecule has 0 amide bonds. The maximum atomic E-state index is 12.3. The molecule has 2 rings (SSSR count). The van der Waals surface area contributed by atoms with E-state index in [1.165, 1.54) is 6.42 Å². The van der Waals surface area contributed by atoms with E-state index in [-0.39, 0.29) is 16.6 Å². The van der Waals surface area contributed by atoms with Gasteiger partial charge in [-0.3, -0.25) is 0 Å². The Labute approximate surface area is 130 Å². The van der Waals surface area contributed by atoms with Gasteiger partial charge in [-0.25, -0.2) is 4.79 Å². The summed E-state index contributed by atoms with van der Waals surface area (Å²) in [4.78, 5) is 12.3. The van der Waals surface area contributed by atoms with Crippen LogP contribution >= 0.6 is 0 Å². The van der Waals surface area contributed by atoms with E-state index in [0.717, 1.165) is 24.8 Å². The van der Waals surface area contributed by atoms with E-state index in [1.807, 2.05) is 6.92 Å². The zero-order chi connectivity index (χ0) is 15.9. The monoisotopic (exact) mass is 310 g/mol. The van der Waals surface area contributed by atoms with Crippen molar-refractivity contribution >= 4 is 14.3 Å². The molecule has 0 heterocycles. The molecule has 0 aromatic rings. The minimum Gasteiger partial charge on any atom is -0.463 e. The fraction of sp³-hybridized carbons (Fsp3) is 0.824. The van der Waals surface area contributed by atoms with Crippen molar-refractivity contribution < 1.29 is 14.0 Å². The average molecular weight is 311 g/mol. The van der Waals surface area contributed by atoms with Gasteiger partial charge in [-0.1, -0.05) is 39.7 Å². The highest BCUT2D eigenvalue weighted by molar-refractivity contribution is 6.74. The number of hydrogen-bond acceptors (Lipinski definition) is 3. The summed E-state index contributed by atoms with van der Waals surface area (Å²) in [6, 6.07) is 0. The summed E-state index contributed by atoms with van der Waals surface area (Å²) in [6.07, 6.45) is 6.58. The van der Waals surface area contributed by atoms with Gasteiger partial charge in [-0.15, -0.1) is 0 Å². The molecule has 0 bridgehead atoms. The number of rotatable bonds is 4. The molecule has 2 aliphatic rings. The summed E-state index contributed by atoms with van der Waals surface area (Å²) in [5.41, 5.74) is 0.437. The number of carbonyl (C=O) groups is 1. The smallest absolute Gasteiger partial charge is 0.336 e. The van der Waals surface area contributed by atoms with Gasteiger partial charge in [-0.2, -0.15) is 0 Å². The Balaban J connectivity index is 2.28. The molecule has 0 unspecified atom stereocenters. The average Bonchev–Trinajstić information content (AvgIpc) is 2.32. The lowest BCUT2D eigenvalue weighted by Crippen LogP contribution is -2.60. The van der Waals surface area contributed by atoms with Crippen LogP contribution in [0.4, 0.5) is 0 Å². The Morgan fingerprint density at radius 2 is 2.05 bits per heavy atom. The molecule has 0 saturated heterocycles. The van der Waals surface area contributed by atoms with Crippen molar-refractivity contribution in [2.24, 2.45) is 5.92 Å². The Morgan fingerprint density at radius 3 is 2.57 bits per heavy atom. The van der Waals surface area contributed by atoms with Crippen LogP contribution in [0.3, 0.4) is 0 Å². The predicted octanol–water partition coefficient (Wildman–Crippen LogP) is 4.44. The van der Waals surface area contributed by atoms with Gasteiger partial charge < -0.3 is 9.16 Å². The molecule has 0 aromatic carbocycles. The lowest BCUT2D eigenvalue weighted by Gasteiger charge is -2.55. The van der Waals surface area contributed by atoms with Crippen molar-refractivity contribution in [2.45, 2.75) is 77.1 Å². The molecule has 0 radical (unpaired) electrons. The highest BCUT2D eigenvalue weighted by atomic mass is 28.4. The zero-order valence-electron chi connectivity index (χ0n) is 14.4. The fourth-order valence-corrected chi connectivity index (χ4v) is 4.79. The lowest BCUT2D eigenvalue weighted by molar-refractivity contribution is -0.144. The van der Waals surface area contributed by atoms with E-state index in [1.54, 1.807) is 0 Å². The quantitative estimate of drug-likeness (QED) is 0.569. The summed E-state index contributed by atoms with van der Waals surface area (Å²) in [5.74, 6) is 0.231. The second kappa shape index (κ2) is 5.54. The van der Waals surface area contributed by atoms with Gasteiger partial charge in [0.1, 0.15) is 0 Å². The van der Waals surface area contributed by atoms with Crippen LogP contribution in [0.15, 0.2) is 11.6 Å². The van der Waals surface area contributed by atoms with E-state index >= 15 is 0 Å². The van der Waals surface area contributed by atoms with Gasteiger partial charge in [0.15, 0.2) is 8.32 Å². The van der Waals surface area contributed by atoms with Gasteiger partial charge in [0.05, 0.1) is 17.8 Å². The SMILES string of the molecule is CCOC(=O)C1=C[C@H]2CCCC[C@@]12O[Si](C)(C)C(C)(C)C. The van der Waals surface area contributed by atoms with Gasteiger partial charge in [0, 0.05) is 5.92 Å². The summed E-state index contributed by atoms with van der Waals surface area (Å²) in [7, 11) is -1.91. The van der Waals surface area contributed by atoms with Crippen LogP contribution in [0.5, 0.6) is 0 Å². The van der Waals surface area contributed by atoms with Crippen LogP contribution in [0.25, 0.3) is 0 Å². The molecule has 120 valence electrons. The zero-order valence-corrected chi connectivity index (χ0v) is 15.4. The van der Waals surface area contributed by atoms with Crippen molar-refractivity contribution in [3.63, 3.8) is 0 Å². The maximum absolute atomic E-state index is 12.3. The van der Waals surface area contributed by atoms with Crippen LogP contribution < -0.4 is 0 Å². The molecule has 4 heteroatoms. The first-order chi connectivity index (χ1) is 9.64. The van der Waals surface area contributed by atoms with Crippen molar-refractivity contribution in [3.05, 3.63) is 11.6 Å². The predicted molar refractivity (Wildman–Crippen MR) is 87.7 cm³/mol.